The molecular weight excluding hydrogens is 190 g/mol. The minimum absolute atomic E-state index is 0.310. The zero-order chi connectivity index (χ0) is 9.84. The summed E-state index contributed by atoms with van der Waals surface area (Å²) in [6, 6.07) is 4.79. The molecule has 1 amide bonds. The number of hydrogen-bond acceptors (Lipinski definition) is 2. The van der Waals surface area contributed by atoms with E-state index in [0.717, 1.165) is 0 Å². The minimum Gasteiger partial charge on any atom is -0.494 e. The molecule has 0 aliphatic rings. The average molecular weight is 200 g/mol. The third-order valence-electron chi connectivity index (χ3n) is 1.52. The number of nitrogens with two attached hydrogens (primary N) is 1. The molecule has 1 aromatic carbocycles. The Balaban J connectivity index is 2.98. The zero-order valence-corrected chi connectivity index (χ0v) is 7.97. The van der Waals surface area contributed by atoms with Crippen LogP contribution < -0.4 is 10.5 Å². The van der Waals surface area contributed by atoms with Gasteiger partial charge in [0.05, 0.1) is 17.2 Å². The van der Waals surface area contributed by atoms with Crippen LogP contribution >= 0.6 is 11.6 Å². The van der Waals surface area contributed by atoms with Gasteiger partial charge in [0.1, 0.15) is 5.75 Å². The van der Waals surface area contributed by atoms with E-state index in [0.29, 0.717) is 22.9 Å². The standard InChI is InChI=1S/C9H10ClNO2/c1-2-13-6-3-4-7(9(11)12)8(10)5-6/h3-5H,2H2,1H3,(H2,11,12). The lowest BCUT2D eigenvalue weighted by molar-refractivity contribution is 0.100. The molecule has 0 bridgehead atoms. The maximum atomic E-state index is 10.8. The quantitative estimate of drug-likeness (QED) is 0.808. The van der Waals surface area contributed by atoms with Gasteiger partial charge in [-0.2, -0.15) is 0 Å². The summed E-state index contributed by atoms with van der Waals surface area (Å²) >= 11 is 5.78. The van der Waals surface area contributed by atoms with Crippen LogP contribution in [0.15, 0.2) is 18.2 Å². The number of rotatable bonds is 3. The third kappa shape index (κ3) is 2.36. The first-order valence-corrected chi connectivity index (χ1v) is 4.25. The highest BCUT2D eigenvalue weighted by molar-refractivity contribution is 6.33. The number of carbonyl (C=O) groups excluding carboxylic acids is 1. The molecule has 0 aliphatic carbocycles. The Bertz CT molecular complexity index is 325. The van der Waals surface area contributed by atoms with Gasteiger partial charge in [0.25, 0.3) is 0 Å². The monoisotopic (exact) mass is 199 g/mol. The van der Waals surface area contributed by atoms with Crippen LogP contribution in [-0.4, -0.2) is 12.5 Å². The Morgan fingerprint density at radius 3 is 2.77 bits per heavy atom. The molecule has 0 radical (unpaired) electrons. The Morgan fingerprint density at radius 2 is 2.31 bits per heavy atom. The smallest absolute Gasteiger partial charge is 0.250 e. The van der Waals surface area contributed by atoms with E-state index in [2.05, 4.69) is 0 Å². The Kier molecular flexibility index (Phi) is 3.14. The van der Waals surface area contributed by atoms with E-state index in [1.165, 1.54) is 0 Å². The molecule has 4 heteroatoms. The fourth-order valence-electron chi connectivity index (χ4n) is 0.952. The van der Waals surface area contributed by atoms with Crippen LogP contribution in [0.3, 0.4) is 0 Å². The molecule has 0 aliphatic heterocycles. The lowest BCUT2D eigenvalue weighted by Gasteiger charge is -2.04. The van der Waals surface area contributed by atoms with E-state index in [1.807, 2.05) is 6.92 Å². The molecule has 0 aromatic heterocycles. The SMILES string of the molecule is CCOc1ccc(C(N)=O)c(Cl)c1. The van der Waals surface area contributed by atoms with Crippen molar-refractivity contribution >= 4 is 17.5 Å². The number of hydrogen-bond donors (Lipinski definition) is 1. The van der Waals surface area contributed by atoms with Gasteiger partial charge in [-0.3, -0.25) is 4.79 Å². The topological polar surface area (TPSA) is 52.3 Å². The van der Waals surface area contributed by atoms with E-state index in [-0.39, 0.29) is 0 Å². The second kappa shape index (κ2) is 4.14. The molecule has 0 atom stereocenters. The summed E-state index contributed by atoms with van der Waals surface area (Å²) in [4.78, 5) is 10.8. The van der Waals surface area contributed by atoms with Crippen molar-refractivity contribution in [2.75, 3.05) is 6.61 Å². The molecule has 0 fully saturated rings. The van der Waals surface area contributed by atoms with Crippen molar-refractivity contribution in [3.05, 3.63) is 28.8 Å². The van der Waals surface area contributed by atoms with Crippen molar-refractivity contribution < 1.29 is 9.53 Å². The Hall–Kier alpha value is -1.22. The molecule has 0 saturated heterocycles. The first kappa shape index (κ1) is 9.86. The first-order valence-electron chi connectivity index (χ1n) is 3.87. The van der Waals surface area contributed by atoms with E-state index >= 15 is 0 Å². The van der Waals surface area contributed by atoms with Crippen LogP contribution in [-0.2, 0) is 0 Å². The predicted molar refractivity (Wildman–Crippen MR) is 51.1 cm³/mol. The number of primary amides is 1. The van der Waals surface area contributed by atoms with Gasteiger partial charge in [0.15, 0.2) is 0 Å². The lowest BCUT2D eigenvalue weighted by atomic mass is 10.2. The summed E-state index contributed by atoms with van der Waals surface area (Å²) < 4.78 is 5.18. The van der Waals surface area contributed by atoms with Crippen molar-refractivity contribution in [1.82, 2.24) is 0 Å². The van der Waals surface area contributed by atoms with Crippen LogP contribution in [0.4, 0.5) is 0 Å². The fourth-order valence-corrected chi connectivity index (χ4v) is 1.22. The van der Waals surface area contributed by atoms with Crippen LogP contribution in [0.1, 0.15) is 17.3 Å². The van der Waals surface area contributed by atoms with Gasteiger partial charge in [-0.05, 0) is 25.1 Å². The summed E-state index contributed by atoms with van der Waals surface area (Å²) in [5, 5.41) is 0.318. The van der Waals surface area contributed by atoms with Gasteiger partial charge in [-0.15, -0.1) is 0 Å². The molecule has 3 nitrogen and oxygen atoms in total. The molecular formula is C9H10ClNO2. The second-order valence-electron chi connectivity index (χ2n) is 2.44. The van der Waals surface area contributed by atoms with Crippen molar-refractivity contribution in [3.63, 3.8) is 0 Å². The van der Waals surface area contributed by atoms with Crippen LogP contribution in [0.2, 0.25) is 5.02 Å². The summed E-state index contributed by atoms with van der Waals surface area (Å²) in [5.74, 6) is 0.102. The van der Waals surface area contributed by atoms with Gasteiger partial charge < -0.3 is 10.5 Å². The fraction of sp³-hybridized carbons (Fsp3) is 0.222. The molecule has 70 valence electrons. The summed E-state index contributed by atoms with van der Waals surface area (Å²) in [7, 11) is 0. The molecule has 0 unspecified atom stereocenters. The van der Waals surface area contributed by atoms with Crippen LogP contribution in [0.25, 0.3) is 0 Å². The van der Waals surface area contributed by atoms with E-state index in [4.69, 9.17) is 22.1 Å². The molecule has 1 aromatic rings. The van der Waals surface area contributed by atoms with Crippen LogP contribution in [0, 0.1) is 0 Å². The molecule has 0 saturated carbocycles. The molecule has 2 N–H and O–H groups in total. The highest BCUT2D eigenvalue weighted by Crippen LogP contribution is 2.21. The average Bonchev–Trinajstić information content (AvgIpc) is 2.04. The summed E-state index contributed by atoms with van der Waals surface area (Å²) in [6.45, 7) is 2.43. The maximum absolute atomic E-state index is 10.8. The normalized spacial score (nSPS) is 9.69. The third-order valence-corrected chi connectivity index (χ3v) is 1.83. The number of carbonyl (C=O) groups is 1. The number of halogens is 1. The maximum Gasteiger partial charge on any atom is 0.250 e. The molecule has 0 spiro atoms. The number of amides is 1. The van der Waals surface area contributed by atoms with Crippen molar-refractivity contribution in [3.8, 4) is 5.75 Å². The Labute approximate surface area is 81.4 Å². The van der Waals surface area contributed by atoms with Gasteiger partial charge in [0.2, 0.25) is 5.91 Å². The molecule has 0 heterocycles. The van der Waals surface area contributed by atoms with Gasteiger partial charge in [-0.1, -0.05) is 11.6 Å². The summed E-state index contributed by atoms with van der Waals surface area (Å²) in [5.41, 5.74) is 5.38. The zero-order valence-electron chi connectivity index (χ0n) is 7.21. The van der Waals surface area contributed by atoms with Crippen molar-refractivity contribution in [2.24, 2.45) is 5.73 Å². The minimum atomic E-state index is -0.534. The van der Waals surface area contributed by atoms with Crippen molar-refractivity contribution in [2.45, 2.75) is 6.92 Å². The second-order valence-corrected chi connectivity index (χ2v) is 2.85. The number of ether oxygens (including phenoxy) is 1. The van der Waals surface area contributed by atoms with Gasteiger partial charge >= 0.3 is 0 Å². The van der Waals surface area contributed by atoms with E-state index < -0.39 is 5.91 Å². The highest BCUT2D eigenvalue weighted by atomic mass is 35.5. The van der Waals surface area contributed by atoms with Crippen LogP contribution in [0.5, 0.6) is 5.75 Å². The lowest BCUT2D eigenvalue weighted by Crippen LogP contribution is -2.11. The van der Waals surface area contributed by atoms with Crippen molar-refractivity contribution in [1.29, 1.82) is 0 Å². The van der Waals surface area contributed by atoms with Gasteiger partial charge in [-0.25, -0.2) is 0 Å². The van der Waals surface area contributed by atoms with Gasteiger partial charge in [0, 0.05) is 0 Å². The highest BCUT2D eigenvalue weighted by Gasteiger charge is 2.06. The molecule has 1 rings (SSSR count). The van der Waals surface area contributed by atoms with E-state index in [9.17, 15) is 4.79 Å². The summed E-state index contributed by atoms with van der Waals surface area (Å²) in [6.07, 6.45) is 0. The van der Waals surface area contributed by atoms with E-state index in [1.54, 1.807) is 18.2 Å². The largest absolute Gasteiger partial charge is 0.494 e. The number of benzene rings is 1. The predicted octanol–water partition coefficient (Wildman–Crippen LogP) is 1.84. The first-order chi connectivity index (χ1) is 6.15. The molecule has 13 heavy (non-hydrogen) atoms. The Morgan fingerprint density at radius 1 is 1.62 bits per heavy atom.